The monoisotopic (exact) mass is 413 g/mol. The van der Waals surface area contributed by atoms with Crippen LogP contribution in [0.4, 0.5) is 5.69 Å². The average molecular weight is 414 g/mol. The maximum atomic E-state index is 13.1. The van der Waals surface area contributed by atoms with E-state index in [-0.39, 0.29) is 5.91 Å². The average Bonchev–Trinajstić information content (AvgIpc) is 2.84. The summed E-state index contributed by atoms with van der Waals surface area (Å²) in [6, 6.07) is 27.0. The Bertz CT molecular complexity index is 994. The summed E-state index contributed by atoms with van der Waals surface area (Å²) >= 11 is 0. The SMILES string of the molecule is CCc1ccccc1NCc1cccc(C(=O)N2CCN(Cc3ccccc3)CC2)c1. The Morgan fingerprint density at radius 3 is 2.32 bits per heavy atom. The lowest BCUT2D eigenvalue weighted by atomic mass is 10.1. The molecule has 3 aromatic rings. The number of nitrogens with zero attached hydrogens (tertiary/aromatic N) is 2. The van der Waals surface area contributed by atoms with Gasteiger partial charge in [-0.2, -0.15) is 0 Å². The topological polar surface area (TPSA) is 35.6 Å². The van der Waals surface area contributed by atoms with E-state index in [0.717, 1.165) is 56.0 Å². The normalized spacial score (nSPS) is 14.4. The lowest BCUT2D eigenvalue weighted by molar-refractivity contribution is 0.0628. The summed E-state index contributed by atoms with van der Waals surface area (Å²) < 4.78 is 0. The van der Waals surface area contributed by atoms with Gasteiger partial charge in [0.1, 0.15) is 0 Å². The third-order valence-corrected chi connectivity index (χ3v) is 5.96. The minimum atomic E-state index is 0.134. The fourth-order valence-corrected chi connectivity index (χ4v) is 4.15. The molecule has 0 saturated carbocycles. The molecule has 0 atom stereocenters. The van der Waals surface area contributed by atoms with Gasteiger partial charge in [-0.25, -0.2) is 0 Å². The molecule has 1 amide bonds. The molecule has 0 spiro atoms. The van der Waals surface area contributed by atoms with Crippen LogP contribution >= 0.6 is 0 Å². The standard InChI is InChI=1S/C27H31N3O/c1-2-24-12-6-7-14-26(24)28-20-23-11-8-13-25(19-23)27(31)30-17-15-29(16-18-30)21-22-9-4-3-5-10-22/h3-14,19,28H,2,15-18,20-21H2,1H3. The molecule has 1 aliphatic rings. The van der Waals surface area contributed by atoms with Crippen LogP contribution < -0.4 is 5.32 Å². The molecule has 0 aromatic heterocycles. The number of para-hydroxylation sites is 1. The van der Waals surface area contributed by atoms with Gasteiger partial charge >= 0.3 is 0 Å². The molecule has 1 fully saturated rings. The minimum absolute atomic E-state index is 0.134. The van der Waals surface area contributed by atoms with Gasteiger partial charge in [-0.15, -0.1) is 0 Å². The number of carbonyl (C=O) groups excluding carboxylic acids is 1. The molecular weight excluding hydrogens is 382 g/mol. The number of nitrogens with one attached hydrogen (secondary N) is 1. The first-order valence-electron chi connectivity index (χ1n) is 11.2. The van der Waals surface area contributed by atoms with Crippen LogP contribution in [0.2, 0.25) is 0 Å². The highest BCUT2D eigenvalue weighted by Gasteiger charge is 2.22. The fraction of sp³-hybridized carbons (Fsp3) is 0.296. The number of rotatable bonds is 7. The lowest BCUT2D eigenvalue weighted by Crippen LogP contribution is -2.48. The number of benzene rings is 3. The highest BCUT2D eigenvalue weighted by Crippen LogP contribution is 2.18. The van der Waals surface area contributed by atoms with Crippen molar-refractivity contribution in [2.45, 2.75) is 26.4 Å². The molecule has 1 N–H and O–H groups in total. The number of carbonyl (C=O) groups is 1. The van der Waals surface area contributed by atoms with Crippen molar-refractivity contribution < 1.29 is 4.79 Å². The quantitative estimate of drug-likeness (QED) is 0.603. The van der Waals surface area contributed by atoms with Crippen LogP contribution in [0.25, 0.3) is 0 Å². The molecule has 3 aromatic carbocycles. The highest BCUT2D eigenvalue weighted by molar-refractivity contribution is 5.94. The van der Waals surface area contributed by atoms with Crippen LogP contribution in [0.3, 0.4) is 0 Å². The fourth-order valence-electron chi connectivity index (χ4n) is 4.15. The molecule has 4 nitrogen and oxygen atoms in total. The molecule has 1 aliphatic heterocycles. The lowest BCUT2D eigenvalue weighted by Gasteiger charge is -2.34. The van der Waals surface area contributed by atoms with E-state index >= 15 is 0 Å². The van der Waals surface area contributed by atoms with E-state index in [4.69, 9.17) is 0 Å². The third-order valence-electron chi connectivity index (χ3n) is 5.96. The molecule has 1 saturated heterocycles. The zero-order valence-electron chi connectivity index (χ0n) is 18.3. The van der Waals surface area contributed by atoms with Gasteiger partial charge in [0.2, 0.25) is 0 Å². The summed E-state index contributed by atoms with van der Waals surface area (Å²) in [6.45, 7) is 7.20. The van der Waals surface area contributed by atoms with Crippen molar-refractivity contribution in [2.75, 3.05) is 31.5 Å². The predicted molar refractivity (Wildman–Crippen MR) is 127 cm³/mol. The van der Waals surface area contributed by atoms with Crippen LogP contribution in [-0.2, 0) is 19.5 Å². The maximum absolute atomic E-state index is 13.1. The second kappa shape index (κ2) is 10.3. The van der Waals surface area contributed by atoms with Gasteiger partial charge < -0.3 is 10.2 Å². The highest BCUT2D eigenvalue weighted by atomic mass is 16.2. The number of piperazine rings is 1. The molecule has 0 radical (unpaired) electrons. The van der Waals surface area contributed by atoms with Crippen molar-refractivity contribution in [2.24, 2.45) is 0 Å². The van der Waals surface area contributed by atoms with Crippen LogP contribution in [0, 0.1) is 0 Å². The van der Waals surface area contributed by atoms with Crippen molar-refractivity contribution in [1.82, 2.24) is 9.80 Å². The van der Waals surface area contributed by atoms with Crippen LogP contribution in [-0.4, -0.2) is 41.9 Å². The summed E-state index contributed by atoms with van der Waals surface area (Å²) in [7, 11) is 0. The summed E-state index contributed by atoms with van der Waals surface area (Å²) in [5, 5.41) is 3.52. The van der Waals surface area contributed by atoms with Gasteiger partial charge in [-0.1, -0.05) is 67.6 Å². The summed E-state index contributed by atoms with van der Waals surface area (Å²) in [5.41, 5.74) is 5.70. The molecule has 4 heteroatoms. The number of aryl methyl sites for hydroxylation is 1. The Labute approximate surface area is 185 Å². The third kappa shape index (κ3) is 5.53. The zero-order valence-corrected chi connectivity index (χ0v) is 18.3. The number of hydrogen-bond donors (Lipinski definition) is 1. The van der Waals surface area contributed by atoms with Gasteiger partial charge in [0.25, 0.3) is 5.91 Å². The second-order valence-electron chi connectivity index (χ2n) is 8.12. The minimum Gasteiger partial charge on any atom is -0.381 e. The molecule has 160 valence electrons. The van der Waals surface area contributed by atoms with E-state index in [2.05, 4.69) is 71.7 Å². The van der Waals surface area contributed by atoms with Crippen LogP contribution in [0.15, 0.2) is 78.9 Å². The van der Waals surface area contributed by atoms with Gasteiger partial charge in [-0.3, -0.25) is 9.69 Å². The van der Waals surface area contributed by atoms with Gasteiger partial charge in [-0.05, 0) is 41.3 Å². The van der Waals surface area contributed by atoms with E-state index < -0.39 is 0 Å². The number of anilines is 1. The maximum Gasteiger partial charge on any atom is 0.253 e. The first kappa shape index (κ1) is 21.1. The summed E-state index contributed by atoms with van der Waals surface area (Å²) in [4.78, 5) is 17.5. The van der Waals surface area contributed by atoms with Crippen molar-refractivity contribution in [3.05, 3.63) is 101 Å². The van der Waals surface area contributed by atoms with Crippen molar-refractivity contribution in [3.63, 3.8) is 0 Å². The largest absolute Gasteiger partial charge is 0.381 e. The van der Waals surface area contributed by atoms with E-state index in [1.165, 1.54) is 11.1 Å². The molecule has 0 aliphatic carbocycles. The number of amides is 1. The van der Waals surface area contributed by atoms with Gasteiger partial charge in [0, 0.05) is 50.5 Å². The molecule has 31 heavy (non-hydrogen) atoms. The first-order chi connectivity index (χ1) is 15.2. The first-order valence-corrected chi connectivity index (χ1v) is 11.2. The van der Waals surface area contributed by atoms with Gasteiger partial charge in [0.15, 0.2) is 0 Å². The number of hydrogen-bond acceptors (Lipinski definition) is 3. The van der Waals surface area contributed by atoms with Crippen molar-refractivity contribution in [1.29, 1.82) is 0 Å². The molecule has 0 unspecified atom stereocenters. The van der Waals surface area contributed by atoms with E-state index in [9.17, 15) is 4.79 Å². The zero-order chi connectivity index (χ0) is 21.5. The van der Waals surface area contributed by atoms with E-state index in [1.807, 2.05) is 29.2 Å². The Kier molecular flexibility index (Phi) is 7.00. The molecule has 0 bridgehead atoms. The molecule has 4 rings (SSSR count). The smallest absolute Gasteiger partial charge is 0.253 e. The van der Waals surface area contributed by atoms with E-state index in [1.54, 1.807) is 0 Å². The Morgan fingerprint density at radius 2 is 1.55 bits per heavy atom. The Hall–Kier alpha value is -3.11. The Balaban J connectivity index is 1.33. The predicted octanol–water partition coefficient (Wildman–Crippen LogP) is 4.82. The van der Waals surface area contributed by atoms with Crippen molar-refractivity contribution in [3.8, 4) is 0 Å². The van der Waals surface area contributed by atoms with E-state index in [0.29, 0.717) is 6.54 Å². The molecular formula is C27H31N3O. The Morgan fingerprint density at radius 1 is 0.839 bits per heavy atom. The van der Waals surface area contributed by atoms with Crippen LogP contribution in [0.1, 0.15) is 34.0 Å². The van der Waals surface area contributed by atoms with Gasteiger partial charge in [0.05, 0.1) is 0 Å². The van der Waals surface area contributed by atoms with Crippen molar-refractivity contribution >= 4 is 11.6 Å². The second-order valence-corrected chi connectivity index (χ2v) is 8.12. The summed E-state index contributed by atoms with van der Waals surface area (Å²) in [5.74, 6) is 0.134. The van der Waals surface area contributed by atoms with Crippen LogP contribution in [0.5, 0.6) is 0 Å². The molecule has 1 heterocycles. The summed E-state index contributed by atoms with van der Waals surface area (Å²) in [6.07, 6.45) is 0.998.